The molecule has 2 unspecified atom stereocenters. The van der Waals surface area contributed by atoms with Gasteiger partial charge in [0.2, 0.25) is 5.91 Å². The number of anilines is 1. The van der Waals surface area contributed by atoms with Gasteiger partial charge in [0.05, 0.1) is 12.2 Å². The predicted octanol–water partition coefficient (Wildman–Crippen LogP) is 1.71. The van der Waals surface area contributed by atoms with Crippen LogP contribution in [0.4, 0.5) is 18.9 Å². The van der Waals surface area contributed by atoms with Gasteiger partial charge in [0.25, 0.3) is 0 Å². The first-order valence-electron chi connectivity index (χ1n) is 6.79. The molecule has 0 bridgehead atoms. The van der Waals surface area contributed by atoms with Gasteiger partial charge in [-0.15, -0.1) is 0 Å². The Morgan fingerprint density at radius 3 is 2.76 bits per heavy atom. The highest BCUT2D eigenvalue weighted by Gasteiger charge is 2.24. The second-order valence-electron chi connectivity index (χ2n) is 5.44. The van der Waals surface area contributed by atoms with Crippen LogP contribution in [0.1, 0.15) is 13.3 Å². The number of likely N-dealkylation sites (tertiary alicyclic amines) is 1. The van der Waals surface area contributed by atoms with Crippen LogP contribution in [0.3, 0.4) is 0 Å². The normalized spacial score (nSPS) is 23.1. The fourth-order valence-electron chi connectivity index (χ4n) is 2.33. The Morgan fingerprint density at radius 1 is 1.38 bits per heavy atom. The molecule has 1 saturated heterocycles. The molecule has 0 saturated carbocycles. The minimum atomic E-state index is -1.60. The lowest BCUT2D eigenvalue weighted by Gasteiger charge is -2.34. The van der Waals surface area contributed by atoms with Crippen molar-refractivity contribution in [2.45, 2.75) is 19.4 Å². The van der Waals surface area contributed by atoms with Crippen LogP contribution in [0.25, 0.3) is 0 Å². The summed E-state index contributed by atoms with van der Waals surface area (Å²) in [6, 6.07) is 1.76. The minimum absolute atomic E-state index is 0.00782. The molecule has 1 aliphatic rings. The molecular weight excluding hydrogens is 283 g/mol. The van der Waals surface area contributed by atoms with Gasteiger partial charge in [-0.25, -0.2) is 13.2 Å². The van der Waals surface area contributed by atoms with E-state index in [4.69, 9.17) is 5.73 Å². The van der Waals surface area contributed by atoms with Crippen LogP contribution in [-0.2, 0) is 4.79 Å². The van der Waals surface area contributed by atoms with Crippen LogP contribution >= 0.6 is 0 Å². The molecule has 1 aromatic rings. The molecule has 0 aliphatic carbocycles. The number of nitrogens with two attached hydrogens (primary N) is 1. The predicted molar refractivity (Wildman–Crippen MR) is 73.1 cm³/mol. The Hall–Kier alpha value is -1.60. The minimum Gasteiger partial charge on any atom is -0.326 e. The number of halogens is 3. The maximum Gasteiger partial charge on any atom is 0.238 e. The zero-order valence-electron chi connectivity index (χ0n) is 11.7. The summed E-state index contributed by atoms with van der Waals surface area (Å²) >= 11 is 0. The standard InChI is InChI=1S/C14H18F3N3O/c1-8-4-5-20(6-10(8)18)7-12(21)19-11-3-2-9(15)13(16)14(11)17/h2-3,8,10H,4-7,18H2,1H3,(H,19,21). The van der Waals surface area contributed by atoms with Gasteiger partial charge >= 0.3 is 0 Å². The third-order valence-electron chi connectivity index (χ3n) is 3.78. The molecule has 2 rings (SSSR count). The lowest BCUT2D eigenvalue weighted by Crippen LogP contribution is -2.49. The van der Waals surface area contributed by atoms with Crippen molar-refractivity contribution in [2.75, 3.05) is 25.0 Å². The van der Waals surface area contributed by atoms with Crippen LogP contribution in [0.2, 0.25) is 0 Å². The smallest absolute Gasteiger partial charge is 0.238 e. The number of amides is 1. The van der Waals surface area contributed by atoms with E-state index < -0.39 is 23.4 Å². The van der Waals surface area contributed by atoms with Crippen molar-refractivity contribution in [1.82, 2.24) is 4.90 Å². The first-order valence-corrected chi connectivity index (χ1v) is 6.79. The quantitative estimate of drug-likeness (QED) is 0.836. The first kappa shape index (κ1) is 15.8. The maximum absolute atomic E-state index is 13.5. The van der Waals surface area contributed by atoms with Gasteiger partial charge in [-0.3, -0.25) is 9.69 Å². The van der Waals surface area contributed by atoms with Crippen LogP contribution in [0.5, 0.6) is 0 Å². The third kappa shape index (κ3) is 3.74. The monoisotopic (exact) mass is 301 g/mol. The van der Waals surface area contributed by atoms with Gasteiger partial charge in [-0.05, 0) is 31.0 Å². The molecule has 4 nitrogen and oxygen atoms in total. The topological polar surface area (TPSA) is 58.4 Å². The second-order valence-corrected chi connectivity index (χ2v) is 5.44. The molecule has 2 atom stereocenters. The number of piperidine rings is 1. The Kier molecular flexibility index (Phi) is 4.84. The van der Waals surface area contributed by atoms with Gasteiger partial charge in [-0.2, -0.15) is 0 Å². The molecule has 1 fully saturated rings. The average Bonchev–Trinajstić information content (AvgIpc) is 2.44. The Labute approximate surface area is 121 Å². The van der Waals surface area contributed by atoms with Crippen molar-refractivity contribution in [3.8, 4) is 0 Å². The molecule has 7 heteroatoms. The van der Waals surface area contributed by atoms with E-state index >= 15 is 0 Å². The number of hydrogen-bond acceptors (Lipinski definition) is 3. The average molecular weight is 301 g/mol. The fourth-order valence-corrected chi connectivity index (χ4v) is 2.33. The zero-order valence-corrected chi connectivity index (χ0v) is 11.7. The third-order valence-corrected chi connectivity index (χ3v) is 3.78. The van der Waals surface area contributed by atoms with E-state index in [0.717, 1.165) is 25.1 Å². The molecule has 0 spiro atoms. The van der Waals surface area contributed by atoms with E-state index in [1.165, 1.54) is 0 Å². The van der Waals surface area contributed by atoms with Crippen molar-refractivity contribution in [2.24, 2.45) is 11.7 Å². The van der Waals surface area contributed by atoms with Gasteiger partial charge in [0, 0.05) is 12.6 Å². The fraction of sp³-hybridized carbons (Fsp3) is 0.500. The summed E-state index contributed by atoms with van der Waals surface area (Å²) in [6.07, 6.45) is 0.883. The molecule has 0 radical (unpaired) electrons. The number of carbonyl (C=O) groups is 1. The summed E-state index contributed by atoms with van der Waals surface area (Å²) in [5, 5.41) is 2.25. The van der Waals surface area contributed by atoms with E-state index in [1.54, 1.807) is 0 Å². The van der Waals surface area contributed by atoms with Crippen molar-refractivity contribution < 1.29 is 18.0 Å². The van der Waals surface area contributed by atoms with Crippen molar-refractivity contribution >= 4 is 11.6 Å². The van der Waals surface area contributed by atoms with E-state index in [-0.39, 0.29) is 18.3 Å². The number of hydrogen-bond donors (Lipinski definition) is 2. The largest absolute Gasteiger partial charge is 0.326 e. The molecule has 1 aliphatic heterocycles. The highest BCUT2D eigenvalue weighted by Crippen LogP contribution is 2.20. The van der Waals surface area contributed by atoms with Crippen molar-refractivity contribution in [3.05, 3.63) is 29.6 Å². The van der Waals surface area contributed by atoms with E-state index in [0.29, 0.717) is 12.5 Å². The first-order chi connectivity index (χ1) is 9.88. The zero-order chi connectivity index (χ0) is 15.6. The lowest BCUT2D eigenvalue weighted by atomic mass is 9.94. The number of nitrogens with zero attached hydrogens (tertiary/aromatic N) is 1. The maximum atomic E-state index is 13.5. The Morgan fingerprint density at radius 2 is 2.10 bits per heavy atom. The summed E-state index contributed by atoms with van der Waals surface area (Å²) in [6.45, 7) is 3.40. The van der Waals surface area contributed by atoms with Crippen LogP contribution in [-0.4, -0.2) is 36.5 Å². The SMILES string of the molecule is CC1CCN(CC(=O)Nc2ccc(F)c(F)c2F)CC1N. The van der Waals surface area contributed by atoms with Gasteiger partial charge in [0.1, 0.15) is 0 Å². The highest BCUT2D eigenvalue weighted by atomic mass is 19.2. The van der Waals surface area contributed by atoms with E-state index in [9.17, 15) is 18.0 Å². The van der Waals surface area contributed by atoms with Crippen LogP contribution < -0.4 is 11.1 Å². The van der Waals surface area contributed by atoms with Crippen LogP contribution in [0.15, 0.2) is 12.1 Å². The molecule has 3 N–H and O–H groups in total. The number of nitrogens with one attached hydrogen (secondary N) is 1. The molecular formula is C14H18F3N3O. The molecule has 0 aromatic heterocycles. The van der Waals surface area contributed by atoms with Crippen molar-refractivity contribution in [1.29, 1.82) is 0 Å². The summed E-state index contributed by atoms with van der Waals surface area (Å²) in [4.78, 5) is 13.7. The van der Waals surface area contributed by atoms with Gasteiger partial charge in [-0.1, -0.05) is 6.92 Å². The molecule has 1 aromatic carbocycles. The molecule has 21 heavy (non-hydrogen) atoms. The second kappa shape index (κ2) is 6.44. The summed E-state index contributed by atoms with van der Waals surface area (Å²) in [5.41, 5.74) is 5.57. The number of rotatable bonds is 3. The number of benzene rings is 1. The lowest BCUT2D eigenvalue weighted by molar-refractivity contribution is -0.117. The number of carbonyl (C=O) groups excluding carboxylic acids is 1. The summed E-state index contributed by atoms with van der Waals surface area (Å²) in [5.74, 6) is -4.37. The highest BCUT2D eigenvalue weighted by molar-refractivity contribution is 5.92. The van der Waals surface area contributed by atoms with Gasteiger partial charge < -0.3 is 11.1 Å². The summed E-state index contributed by atoms with van der Waals surface area (Å²) in [7, 11) is 0. The van der Waals surface area contributed by atoms with Gasteiger partial charge in [0.15, 0.2) is 17.5 Å². The van der Waals surface area contributed by atoms with Crippen LogP contribution in [0, 0.1) is 23.4 Å². The van der Waals surface area contributed by atoms with E-state index in [2.05, 4.69) is 12.2 Å². The van der Waals surface area contributed by atoms with Crippen molar-refractivity contribution in [3.63, 3.8) is 0 Å². The molecule has 1 heterocycles. The Balaban J connectivity index is 1.95. The molecule has 116 valence electrons. The summed E-state index contributed by atoms with van der Waals surface area (Å²) < 4.78 is 39.3. The van der Waals surface area contributed by atoms with E-state index in [1.807, 2.05) is 4.90 Å². The Bertz CT molecular complexity index is 538. The molecule has 1 amide bonds.